The zero-order chi connectivity index (χ0) is 18.3. The summed E-state index contributed by atoms with van der Waals surface area (Å²) in [7, 11) is 0. The highest BCUT2D eigenvalue weighted by atomic mass is 32.2. The number of nitrogens with two attached hydrogens (primary N) is 1. The molecule has 1 aromatic carbocycles. The Morgan fingerprint density at radius 3 is 2.92 bits per heavy atom. The standard InChI is InChI=1S/C19H20FN3OS2/c1-10(2)14-7-12-15(8-24-14)26-18-16(12)17(21)22-19(23-18)25-9-11-5-3-4-6-13(11)20/h3-6,10,14H,7-9H2,1-2H3,(H2,21,22,23)/t14-/m0/s1. The summed E-state index contributed by atoms with van der Waals surface area (Å²) < 4.78 is 19.7. The van der Waals surface area contributed by atoms with Gasteiger partial charge in [0.1, 0.15) is 16.5 Å². The Morgan fingerprint density at radius 2 is 2.15 bits per heavy atom. The molecule has 4 nitrogen and oxygen atoms in total. The van der Waals surface area contributed by atoms with Crippen LogP contribution in [0.3, 0.4) is 0 Å². The van der Waals surface area contributed by atoms with Crippen LogP contribution >= 0.6 is 23.1 Å². The van der Waals surface area contributed by atoms with Gasteiger partial charge in [-0.15, -0.1) is 11.3 Å². The van der Waals surface area contributed by atoms with Gasteiger partial charge in [0.15, 0.2) is 5.16 Å². The molecule has 136 valence electrons. The van der Waals surface area contributed by atoms with E-state index in [1.165, 1.54) is 28.3 Å². The van der Waals surface area contributed by atoms with E-state index in [2.05, 4.69) is 23.8 Å². The minimum Gasteiger partial charge on any atom is -0.383 e. The third-order valence-electron chi connectivity index (χ3n) is 4.63. The highest BCUT2D eigenvalue weighted by molar-refractivity contribution is 7.98. The molecule has 0 amide bonds. The lowest BCUT2D eigenvalue weighted by Gasteiger charge is -2.26. The van der Waals surface area contributed by atoms with Crippen molar-refractivity contribution in [1.82, 2.24) is 9.97 Å². The average Bonchev–Trinajstić information content (AvgIpc) is 2.99. The molecule has 1 aliphatic heterocycles. The van der Waals surface area contributed by atoms with Crippen LogP contribution in [0.1, 0.15) is 29.9 Å². The van der Waals surface area contributed by atoms with Gasteiger partial charge in [-0.05, 0) is 23.1 Å². The van der Waals surface area contributed by atoms with Crippen LogP contribution in [0, 0.1) is 11.7 Å². The number of nitrogens with zero attached hydrogens (tertiary/aromatic N) is 2. The number of benzene rings is 1. The Morgan fingerprint density at radius 1 is 1.35 bits per heavy atom. The van der Waals surface area contributed by atoms with E-state index in [9.17, 15) is 4.39 Å². The van der Waals surface area contributed by atoms with E-state index in [0.29, 0.717) is 34.8 Å². The van der Waals surface area contributed by atoms with Crippen molar-refractivity contribution in [3.8, 4) is 0 Å². The Balaban J connectivity index is 1.63. The number of aromatic nitrogens is 2. The summed E-state index contributed by atoms with van der Waals surface area (Å²) in [6, 6.07) is 6.76. The molecule has 0 radical (unpaired) electrons. The lowest BCUT2D eigenvalue weighted by Crippen LogP contribution is -2.26. The van der Waals surface area contributed by atoms with Gasteiger partial charge in [0, 0.05) is 17.1 Å². The van der Waals surface area contributed by atoms with Crippen LogP contribution in [0.4, 0.5) is 10.2 Å². The monoisotopic (exact) mass is 389 g/mol. The van der Waals surface area contributed by atoms with Crippen molar-refractivity contribution in [2.75, 3.05) is 5.73 Å². The molecule has 0 bridgehead atoms. The number of thioether (sulfide) groups is 1. The third-order valence-corrected chi connectivity index (χ3v) is 6.63. The minimum absolute atomic E-state index is 0.204. The first-order valence-electron chi connectivity index (χ1n) is 8.58. The third kappa shape index (κ3) is 3.31. The minimum atomic E-state index is -0.211. The van der Waals surface area contributed by atoms with Crippen LogP contribution in [-0.4, -0.2) is 16.1 Å². The zero-order valence-corrected chi connectivity index (χ0v) is 16.3. The van der Waals surface area contributed by atoms with E-state index < -0.39 is 0 Å². The highest BCUT2D eigenvalue weighted by Gasteiger charge is 2.27. The lowest BCUT2D eigenvalue weighted by atomic mass is 9.96. The molecule has 0 unspecified atom stereocenters. The van der Waals surface area contributed by atoms with Gasteiger partial charge >= 0.3 is 0 Å². The van der Waals surface area contributed by atoms with Crippen molar-refractivity contribution in [3.05, 3.63) is 46.1 Å². The molecule has 0 saturated heterocycles. The van der Waals surface area contributed by atoms with E-state index in [4.69, 9.17) is 10.5 Å². The molecule has 1 aliphatic rings. The van der Waals surface area contributed by atoms with Gasteiger partial charge in [0.05, 0.1) is 18.1 Å². The molecule has 2 N–H and O–H groups in total. The lowest BCUT2D eigenvalue weighted by molar-refractivity contribution is 0.00203. The number of anilines is 1. The van der Waals surface area contributed by atoms with E-state index in [-0.39, 0.29) is 11.9 Å². The molecule has 0 aliphatic carbocycles. The SMILES string of the molecule is CC(C)[C@@H]1Cc2c(sc3nc(SCc4ccccc4F)nc(N)c23)CO1. The average molecular weight is 390 g/mol. The van der Waals surface area contributed by atoms with Crippen molar-refractivity contribution in [2.45, 2.75) is 43.9 Å². The summed E-state index contributed by atoms with van der Waals surface area (Å²) in [6.45, 7) is 4.94. The molecule has 2 aromatic heterocycles. The molecule has 4 rings (SSSR count). The van der Waals surface area contributed by atoms with Gasteiger partial charge in [0.25, 0.3) is 0 Å². The molecule has 3 aromatic rings. The molecule has 26 heavy (non-hydrogen) atoms. The van der Waals surface area contributed by atoms with Gasteiger partial charge in [-0.25, -0.2) is 14.4 Å². The van der Waals surface area contributed by atoms with Crippen molar-refractivity contribution < 1.29 is 9.13 Å². The predicted molar refractivity (Wildman–Crippen MR) is 105 cm³/mol. The van der Waals surface area contributed by atoms with Crippen LogP contribution in [0.2, 0.25) is 0 Å². The maximum absolute atomic E-state index is 13.8. The number of hydrogen-bond donors (Lipinski definition) is 1. The smallest absolute Gasteiger partial charge is 0.191 e. The number of ether oxygens (including phenoxy) is 1. The number of nitrogen functional groups attached to an aromatic ring is 1. The maximum Gasteiger partial charge on any atom is 0.191 e. The molecule has 3 heterocycles. The quantitative estimate of drug-likeness (QED) is 0.513. The number of rotatable bonds is 4. The van der Waals surface area contributed by atoms with Crippen molar-refractivity contribution >= 4 is 39.1 Å². The van der Waals surface area contributed by atoms with Crippen LogP contribution in [0.25, 0.3) is 10.2 Å². The molecule has 0 fully saturated rings. The highest BCUT2D eigenvalue weighted by Crippen LogP contribution is 2.39. The van der Waals surface area contributed by atoms with Gasteiger partial charge in [-0.3, -0.25) is 0 Å². The molecule has 1 atom stereocenters. The summed E-state index contributed by atoms with van der Waals surface area (Å²) in [5.74, 6) is 1.22. The molecule has 0 spiro atoms. The van der Waals surface area contributed by atoms with Crippen LogP contribution in [-0.2, 0) is 23.5 Å². The molecular formula is C19H20FN3OS2. The topological polar surface area (TPSA) is 61.0 Å². The first kappa shape index (κ1) is 17.7. The fourth-order valence-corrected chi connectivity index (χ4v) is 5.16. The Hall–Kier alpha value is -1.70. The van der Waals surface area contributed by atoms with E-state index in [0.717, 1.165) is 16.6 Å². The second-order valence-electron chi connectivity index (χ2n) is 6.75. The Kier molecular flexibility index (Phi) is 4.86. The Labute approximate surface area is 160 Å². The van der Waals surface area contributed by atoms with Crippen molar-refractivity contribution in [3.63, 3.8) is 0 Å². The first-order chi connectivity index (χ1) is 12.5. The largest absolute Gasteiger partial charge is 0.383 e. The molecular weight excluding hydrogens is 369 g/mol. The Bertz CT molecular complexity index is 957. The van der Waals surface area contributed by atoms with Gasteiger partial charge in [-0.2, -0.15) is 0 Å². The van der Waals surface area contributed by atoms with Crippen LogP contribution in [0.15, 0.2) is 29.4 Å². The van der Waals surface area contributed by atoms with Crippen molar-refractivity contribution in [1.29, 1.82) is 0 Å². The fraction of sp³-hybridized carbons (Fsp3) is 0.368. The number of hydrogen-bond acceptors (Lipinski definition) is 6. The number of fused-ring (bicyclic) bond motifs is 3. The summed E-state index contributed by atoms with van der Waals surface area (Å²) in [6.07, 6.45) is 1.05. The van der Waals surface area contributed by atoms with E-state index in [1.54, 1.807) is 23.5 Å². The summed E-state index contributed by atoms with van der Waals surface area (Å²) in [5.41, 5.74) is 8.15. The summed E-state index contributed by atoms with van der Waals surface area (Å²) in [4.78, 5) is 11.2. The van der Waals surface area contributed by atoms with Gasteiger partial charge in [-0.1, -0.05) is 43.8 Å². The second kappa shape index (κ2) is 7.13. The fourth-order valence-electron chi connectivity index (χ4n) is 3.14. The summed E-state index contributed by atoms with van der Waals surface area (Å²) >= 11 is 3.02. The molecule has 0 saturated carbocycles. The number of thiophene rings is 1. The van der Waals surface area contributed by atoms with E-state index in [1.807, 2.05) is 6.07 Å². The van der Waals surface area contributed by atoms with Gasteiger partial charge < -0.3 is 10.5 Å². The van der Waals surface area contributed by atoms with Crippen LogP contribution < -0.4 is 5.73 Å². The molecule has 7 heteroatoms. The first-order valence-corrected chi connectivity index (χ1v) is 10.4. The van der Waals surface area contributed by atoms with Crippen LogP contribution in [0.5, 0.6) is 0 Å². The van der Waals surface area contributed by atoms with Crippen molar-refractivity contribution in [2.24, 2.45) is 5.92 Å². The predicted octanol–water partition coefficient (Wildman–Crippen LogP) is 4.80. The summed E-state index contributed by atoms with van der Waals surface area (Å²) in [5, 5.41) is 1.55. The number of halogens is 1. The maximum atomic E-state index is 13.8. The second-order valence-corrected chi connectivity index (χ2v) is 8.78. The van der Waals surface area contributed by atoms with Gasteiger partial charge in [0.2, 0.25) is 0 Å². The zero-order valence-electron chi connectivity index (χ0n) is 14.7. The van der Waals surface area contributed by atoms with E-state index >= 15 is 0 Å². The normalized spacial score (nSPS) is 17.0.